The Morgan fingerprint density at radius 1 is 1.07 bits per heavy atom. The maximum absolute atomic E-state index is 12.2. The summed E-state index contributed by atoms with van der Waals surface area (Å²) in [6.07, 6.45) is 4.71. The van der Waals surface area contributed by atoms with Crippen molar-refractivity contribution >= 4 is 11.7 Å². The molecule has 1 aliphatic rings. The Labute approximate surface area is 159 Å². The van der Waals surface area contributed by atoms with Gasteiger partial charge < -0.3 is 5.32 Å². The molecular weight excluding hydrogens is 342 g/mol. The summed E-state index contributed by atoms with van der Waals surface area (Å²) in [6.45, 7) is 8.01. The molecule has 2 aromatic rings. The molecule has 0 spiro atoms. The number of ketones is 1. The van der Waals surface area contributed by atoms with Crippen molar-refractivity contribution in [1.29, 1.82) is 0 Å². The Balaban J connectivity index is 1.57. The van der Waals surface area contributed by atoms with Gasteiger partial charge in [-0.05, 0) is 58.9 Å². The normalized spacial score (nSPS) is 13.3. The third-order valence-corrected chi connectivity index (χ3v) is 5.16. The number of rotatable bonds is 6. The summed E-state index contributed by atoms with van der Waals surface area (Å²) in [5, 5.41) is 7.27. The molecular formula is C20H27N5O2. The van der Waals surface area contributed by atoms with Gasteiger partial charge in [-0.25, -0.2) is 9.97 Å². The van der Waals surface area contributed by atoms with Crippen LogP contribution in [0.15, 0.2) is 0 Å². The fraction of sp³-hybridized carbons (Fsp3) is 0.550. The lowest BCUT2D eigenvalue weighted by Gasteiger charge is -2.17. The number of nitrogens with one attached hydrogen (secondary N) is 1. The number of carbonyl (C=O) groups excluding carboxylic acids is 2. The van der Waals surface area contributed by atoms with Crippen molar-refractivity contribution in [2.24, 2.45) is 0 Å². The molecule has 0 fully saturated rings. The SMILES string of the molecule is CC(=O)c1c(C)nn(CCC(=O)NCc2nc(C)c3c(n2)CCCC3)c1C. The number of carbonyl (C=O) groups is 2. The molecule has 1 amide bonds. The minimum Gasteiger partial charge on any atom is -0.349 e. The van der Waals surface area contributed by atoms with E-state index in [-0.39, 0.29) is 11.7 Å². The minimum absolute atomic E-state index is 0.000583. The molecule has 1 aliphatic carbocycles. The van der Waals surface area contributed by atoms with Crippen LogP contribution in [0.3, 0.4) is 0 Å². The Bertz CT molecular complexity index is 885. The molecule has 0 bridgehead atoms. The third kappa shape index (κ3) is 4.23. The van der Waals surface area contributed by atoms with Gasteiger partial charge in [0, 0.05) is 30.0 Å². The van der Waals surface area contributed by atoms with Crippen molar-refractivity contribution in [1.82, 2.24) is 25.1 Å². The monoisotopic (exact) mass is 369 g/mol. The second-order valence-corrected chi connectivity index (χ2v) is 7.21. The van der Waals surface area contributed by atoms with E-state index in [2.05, 4.69) is 20.4 Å². The first kappa shape index (κ1) is 19.2. The summed E-state index contributed by atoms with van der Waals surface area (Å²) in [5.41, 5.74) is 5.61. The zero-order chi connectivity index (χ0) is 19.6. The molecule has 2 heterocycles. The van der Waals surface area contributed by atoms with Gasteiger partial charge in [-0.3, -0.25) is 14.3 Å². The van der Waals surface area contributed by atoms with E-state index in [0.29, 0.717) is 36.6 Å². The first-order valence-corrected chi connectivity index (χ1v) is 9.53. The predicted molar refractivity (Wildman–Crippen MR) is 102 cm³/mol. The van der Waals surface area contributed by atoms with Crippen LogP contribution < -0.4 is 5.32 Å². The minimum atomic E-state index is -0.0779. The topological polar surface area (TPSA) is 89.8 Å². The predicted octanol–water partition coefficient (Wildman–Crippen LogP) is 2.39. The van der Waals surface area contributed by atoms with Gasteiger partial charge in [-0.2, -0.15) is 5.10 Å². The summed E-state index contributed by atoms with van der Waals surface area (Å²) in [5.74, 6) is 0.595. The fourth-order valence-corrected chi connectivity index (χ4v) is 3.82. The lowest BCUT2D eigenvalue weighted by molar-refractivity contribution is -0.121. The van der Waals surface area contributed by atoms with Crippen LogP contribution in [0, 0.1) is 20.8 Å². The number of aromatic nitrogens is 4. The van der Waals surface area contributed by atoms with Crippen LogP contribution in [0.4, 0.5) is 0 Å². The molecule has 2 aromatic heterocycles. The van der Waals surface area contributed by atoms with Gasteiger partial charge in [0.25, 0.3) is 0 Å². The van der Waals surface area contributed by atoms with Gasteiger partial charge in [0.05, 0.1) is 17.8 Å². The number of fused-ring (bicyclic) bond motifs is 1. The van der Waals surface area contributed by atoms with Gasteiger partial charge in [-0.1, -0.05) is 0 Å². The quantitative estimate of drug-likeness (QED) is 0.790. The molecule has 0 radical (unpaired) electrons. The van der Waals surface area contributed by atoms with E-state index in [9.17, 15) is 9.59 Å². The molecule has 0 aliphatic heterocycles. The van der Waals surface area contributed by atoms with E-state index >= 15 is 0 Å². The Hall–Kier alpha value is -2.57. The van der Waals surface area contributed by atoms with Gasteiger partial charge in [0.1, 0.15) is 5.82 Å². The van der Waals surface area contributed by atoms with Gasteiger partial charge in [0.15, 0.2) is 5.78 Å². The second kappa shape index (κ2) is 7.98. The molecule has 0 unspecified atom stereocenters. The largest absolute Gasteiger partial charge is 0.349 e. The van der Waals surface area contributed by atoms with Crippen molar-refractivity contribution < 1.29 is 9.59 Å². The molecule has 144 valence electrons. The van der Waals surface area contributed by atoms with Crippen molar-refractivity contribution in [3.05, 3.63) is 39.7 Å². The molecule has 7 nitrogen and oxygen atoms in total. The smallest absolute Gasteiger partial charge is 0.222 e. The first-order valence-electron chi connectivity index (χ1n) is 9.53. The summed E-state index contributed by atoms with van der Waals surface area (Å²) in [6, 6.07) is 0. The second-order valence-electron chi connectivity index (χ2n) is 7.21. The average molecular weight is 369 g/mol. The average Bonchev–Trinajstić information content (AvgIpc) is 2.92. The lowest BCUT2D eigenvalue weighted by Crippen LogP contribution is -2.26. The van der Waals surface area contributed by atoms with Crippen molar-refractivity contribution in [2.75, 3.05) is 0 Å². The van der Waals surface area contributed by atoms with Crippen LogP contribution in [-0.4, -0.2) is 31.4 Å². The molecule has 0 aromatic carbocycles. The van der Waals surface area contributed by atoms with Crippen LogP contribution in [0.2, 0.25) is 0 Å². The van der Waals surface area contributed by atoms with Crippen molar-refractivity contribution in [3.8, 4) is 0 Å². The maximum atomic E-state index is 12.2. The number of aryl methyl sites for hydroxylation is 4. The van der Waals surface area contributed by atoms with E-state index in [4.69, 9.17) is 0 Å². The van der Waals surface area contributed by atoms with E-state index in [1.807, 2.05) is 20.8 Å². The Morgan fingerprint density at radius 2 is 1.81 bits per heavy atom. The summed E-state index contributed by atoms with van der Waals surface area (Å²) in [4.78, 5) is 33.1. The zero-order valence-electron chi connectivity index (χ0n) is 16.6. The van der Waals surface area contributed by atoms with Gasteiger partial charge in [0.2, 0.25) is 5.91 Å². The van der Waals surface area contributed by atoms with Crippen LogP contribution in [0.1, 0.15) is 70.7 Å². The highest BCUT2D eigenvalue weighted by Gasteiger charge is 2.17. The summed E-state index contributed by atoms with van der Waals surface area (Å²) >= 11 is 0. The molecule has 0 saturated carbocycles. The highest BCUT2D eigenvalue weighted by molar-refractivity contribution is 5.96. The fourth-order valence-electron chi connectivity index (χ4n) is 3.82. The van der Waals surface area contributed by atoms with Crippen LogP contribution in [-0.2, 0) is 30.7 Å². The summed E-state index contributed by atoms with van der Waals surface area (Å²) in [7, 11) is 0. The van der Waals surface area contributed by atoms with Crippen molar-refractivity contribution in [2.45, 2.75) is 72.9 Å². The van der Waals surface area contributed by atoms with Crippen LogP contribution in [0.25, 0.3) is 0 Å². The lowest BCUT2D eigenvalue weighted by atomic mass is 9.95. The molecule has 0 saturated heterocycles. The number of nitrogens with zero attached hydrogens (tertiary/aromatic N) is 4. The van der Waals surface area contributed by atoms with Crippen LogP contribution in [0.5, 0.6) is 0 Å². The number of hydrogen-bond acceptors (Lipinski definition) is 5. The van der Waals surface area contributed by atoms with Crippen molar-refractivity contribution in [3.63, 3.8) is 0 Å². The first-order chi connectivity index (χ1) is 12.9. The molecule has 1 N–H and O–H groups in total. The Morgan fingerprint density at radius 3 is 2.52 bits per heavy atom. The molecule has 27 heavy (non-hydrogen) atoms. The van der Waals surface area contributed by atoms with E-state index < -0.39 is 0 Å². The standard InChI is InChI=1S/C20H27N5O2/c1-12-16-7-5-6-8-17(16)23-18(22-12)11-21-19(27)9-10-25-14(3)20(15(4)26)13(2)24-25/h5-11H2,1-4H3,(H,21,27). The maximum Gasteiger partial charge on any atom is 0.222 e. The molecule has 3 rings (SSSR count). The molecule has 0 atom stereocenters. The van der Waals surface area contributed by atoms with E-state index in [1.54, 1.807) is 4.68 Å². The van der Waals surface area contributed by atoms with Gasteiger partial charge >= 0.3 is 0 Å². The Kier molecular flexibility index (Phi) is 5.68. The summed E-state index contributed by atoms with van der Waals surface area (Å²) < 4.78 is 1.73. The zero-order valence-corrected chi connectivity index (χ0v) is 16.6. The van der Waals surface area contributed by atoms with Crippen LogP contribution >= 0.6 is 0 Å². The highest BCUT2D eigenvalue weighted by atomic mass is 16.1. The third-order valence-electron chi connectivity index (χ3n) is 5.16. The highest BCUT2D eigenvalue weighted by Crippen LogP contribution is 2.21. The van der Waals surface area contributed by atoms with Gasteiger partial charge in [-0.15, -0.1) is 0 Å². The molecule has 7 heteroatoms. The van der Waals surface area contributed by atoms with E-state index in [0.717, 1.165) is 29.9 Å². The number of hydrogen-bond donors (Lipinski definition) is 1. The number of Topliss-reactive ketones (excluding diaryl/α,β-unsaturated/α-hetero) is 1. The number of amides is 1. The van der Waals surface area contributed by atoms with E-state index in [1.165, 1.54) is 25.3 Å².